The molecule has 0 saturated carbocycles. The van der Waals surface area contributed by atoms with Gasteiger partial charge >= 0.3 is 6.36 Å². The standard InChI is InChI=1S/C26H16ClF3N2O6/c1-36-19-11-15(27)9-14-10-18(37-24(14)19)22(33)20-21(13-3-2-8-31-12-13)32(25(35)23(20)34)16-4-6-17(7-5-16)38-26(28,29)30/h2-12,21,34H,1H3. The molecular weight excluding hydrogens is 529 g/mol. The van der Waals surface area contributed by atoms with Crippen LogP contribution >= 0.6 is 11.6 Å². The first kappa shape index (κ1) is 25.2. The number of alkyl halides is 3. The number of carbonyl (C=O) groups is 2. The average Bonchev–Trinajstić information content (AvgIpc) is 3.42. The predicted octanol–water partition coefficient (Wildman–Crippen LogP) is 6.17. The maximum Gasteiger partial charge on any atom is 0.573 e. The zero-order valence-electron chi connectivity index (χ0n) is 19.3. The van der Waals surface area contributed by atoms with Crippen LogP contribution in [-0.2, 0) is 4.79 Å². The number of halogens is 4. The summed E-state index contributed by atoms with van der Waals surface area (Å²) in [6.07, 6.45) is -2.02. The van der Waals surface area contributed by atoms with Crippen LogP contribution in [0, 0.1) is 0 Å². The first-order valence-corrected chi connectivity index (χ1v) is 11.3. The van der Waals surface area contributed by atoms with E-state index in [-0.39, 0.29) is 28.4 Å². The Kier molecular flexibility index (Phi) is 6.23. The van der Waals surface area contributed by atoms with Gasteiger partial charge in [-0.25, -0.2) is 0 Å². The summed E-state index contributed by atoms with van der Waals surface area (Å²) < 4.78 is 52.7. The summed E-state index contributed by atoms with van der Waals surface area (Å²) in [5.41, 5.74) is 0.397. The van der Waals surface area contributed by atoms with Crippen LogP contribution < -0.4 is 14.4 Å². The molecule has 0 aliphatic carbocycles. The summed E-state index contributed by atoms with van der Waals surface area (Å²) in [5.74, 6) is -3.00. The third-order valence-corrected chi connectivity index (χ3v) is 6.01. The minimum Gasteiger partial charge on any atom is -0.503 e. The predicted molar refractivity (Wildman–Crippen MR) is 129 cm³/mol. The number of ketones is 1. The van der Waals surface area contributed by atoms with Crippen LogP contribution in [0.15, 0.2) is 82.7 Å². The van der Waals surface area contributed by atoms with Crippen molar-refractivity contribution in [3.8, 4) is 11.5 Å². The number of aliphatic hydroxyl groups is 1. The van der Waals surface area contributed by atoms with Crippen LogP contribution in [0.3, 0.4) is 0 Å². The molecule has 38 heavy (non-hydrogen) atoms. The minimum absolute atomic E-state index is 0.103. The lowest BCUT2D eigenvalue weighted by molar-refractivity contribution is -0.274. The van der Waals surface area contributed by atoms with Crippen molar-refractivity contribution in [3.05, 3.63) is 94.7 Å². The van der Waals surface area contributed by atoms with E-state index in [0.717, 1.165) is 17.0 Å². The van der Waals surface area contributed by atoms with E-state index in [1.54, 1.807) is 18.2 Å². The molecule has 0 fully saturated rings. The molecule has 8 nitrogen and oxygen atoms in total. The Morgan fingerprint density at radius 1 is 1.16 bits per heavy atom. The minimum atomic E-state index is -4.90. The molecule has 1 unspecified atom stereocenters. The number of Topliss-reactive ketones (excluding diaryl/α,β-unsaturated/α-hetero) is 1. The van der Waals surface area contributed by atoms with E-state index in [9.17, 15) is 27.9 Å². The number of furan rings is 1. The van der Waals surface area contributed by atoms with Gasteiger partial charge < -0.3 is 19.0 Å². The van der Waals surface area contributed by atoms with E-state index in [4.69, 9.17) is 20.8 Å². The SMILES string of the molecule is COc1cc(Cl)cc2cc(C(=O)C3=C(O)C(=O)N(c4ccc(OC(F)(F)F)cc4)C3c3cccnc3)oc12. The van der Waals surface area contributed by atoms with Gasteiger partial charge in [0, 0.05) is 34.6 Å². The molecule has 4 aromatic rings. The van der Waals surface area contributed by atoms with Crippen LogP contribution in [0.5, 0.6) is 11.5 Å². The molecular formula is C26H16ClF3N2O6. The molecule has 0 spiro atoms. The largest absolute Gasteiger partial charge is 0.573 e. The van der Waals surface area contributed by atoms with Gasteiger partial charge in [0.2, 0.25) is 5.78 Å². The molecule has 0 saturated heterocycles. The van der Waals surface area contributed by atoms with Gasteiger partial charge in [-0.2, -0.15) is 0 Å². The van der Waals surface area contributed by atoms with Gasteiger partial charge in [0.1, 0.15) is 5.75 Å². The second-order valence-electron chi connectivity index (χ2n) is 8.13. The molecule has 5 rings (SSSR count). The van der Waals surface area contributed by atoms with Crippen molar-refractivity contribution in [1.82, 2.24) is 4.98 Å². The zero-order chi connectivity index (χ0) is 27.2. The highest BCUT2D eigenvalue weighted by atomic mass is 35.5. The fourth-order valence-corrected chi connectivity index (χ4v) is 4.46. The van der Waals surface area contributed by atoms with Crippen molar-refractivity contribution < 1.29 is 41.8 Å². The molecule has 0 radical (unpaired) electrons. The number of pyridine rings is 1. The van der Waals surface area contributed by atoms with Gasteiger partial charge in [-0.15, -0.1) is 13.2 Å². The number of benzene rings is 2. The van der Waals surface area contributed by atoms with E-state index >= 15 is 0 Å². The number of rotatable bonds is 6. The Labute approximate surface area is 217 Å². The second kappa shape index (κ2) is 9.42. The quantitative estimate of drug-likeness (QED) is 0.290. The van der Waals surface area contributed by atoms with E-state index in [2.05, 4.69) is 9.72 Å². The lowest BCUT2D eigenvalue weighted by atomic mass is 9.96. The van der Waals surface area contributed by atoms with Crippen molar-refractivity contribution in [2.24, 2.45) is 0 Å². The first-order valence-electron chi connectivity index (χ1n) is 10.9. The summed E-state index contributed by atoms with van der Waals surface area (Å²) in [6, 6.07) is 10.9. The molecule has 2 aromatic heterocycles. The molecule has 3 heterocycles. The number of hydrogen-bond acceptors (Lipinski definition) is 7. The Morgan fingerprint density at radius 2 is 1.89 bits per heavy atom. The molecule has 1 amide bonds. The van der Waals surface area contributed by atoms with Crippen LogP contribution in [0.2, 0.25) is 5.02 Å². The summed E-state index contributed by atoms with van der Waals surface area (Å²) in [7, 11) is 1.40. The Morgan fingerprint density at radius 3 is 2.53 bits per heavy atom. The molecule has 1 N–H and O–H groups in total. The molecule has 0 bridgehead atoms. The van der Waals surface area contributed by atoms with Crippen LogP contribution in [0.4, 0.5) is 18.9 Å². The second-order valence-corrected chi connectivity index (χ2v) is 8.57. The third-order valence-electron chi connectivity index (χ3n) is 5.79. The summed E-state index contributed by atoms with van der Waals surface area (Å²) in [6.45, 7) is 0. The van der Waals surface area contributed by atoms with Gasteiger partial charge in [-0.05, 0) is 48.0 Å². The number of nitrogens with zero attached hydrogens (tertiary/aromatic N) is 2. The van der Waals surface area contributed by atoms with E-state index < -0.39 is 35.6 Å². The highest BCUT2D eigenvalue weighted by Crippen LogP contribution is 2.43. The fourth-order valence-electron chi connectivity index (χ4n) is 4.25. The molecule has 194 valence electrons. The van der Waals surface area contributed by atoms with Gasteiger partial charge in [0.15, 0.2) is 22.9 Å². The summed E-state index contributed by atoms with van der Waals surface area (Å²) in [4.78, 5) is 32.1. The van der Waals surface area contributed by atoms with Crippen molar-refractivity contribution in [3.63, 3.8) is 0 Å². The normalized spacial score (nSPS) is 15.9. The lowest BCUT2D eigenvalue weighted by Gasteiger charge is -2.26. The molecule has 1 atom stereocenters. The van der Waals surface area contributed by atoms with Crippen LogP contribution in [0.25, 0.3) is 11.0 Å². The number of fused-ring (bicyclic) bond motifs is 1. The highest BCUT2D eigenvalue weighted by molar-refractivity contribution is 6.31. The van der Waals surface area contributed by atoms with Crippen molar-refractivity contribution in [2.75, 3.05) is 12.0 Å². The highest BCUT2D eigenvalue weighted by Gasteiger charge is 2.45. The first-order chi connectivity index (χ1) is 18.1. The Balaban J connectivity index is 1.59. The number of ether oxygens (including phenoxy) is 2. The van der Waals surface area contributed by atoms with Crippen LogP contribution in [0.1, 0.15) is 22.2 Å². The summed E-state index contributed by atoms with van der Waals surface area (Å²) in [5, 5.41) is 11.7. The number of anilines is 1. The Bertz CT molecular complexity index is 1580. The van der Waals surface area contributed by atoms with Gasteiger partial charge in [-0.1, -0.05) is 17.7 Å². The van der Waals surface area contributed by atoms with Gasteiger partial charge in [0.25, 0.3) is 5.91 Å². The number of methoxy groups -OCH3 is 1. The lowest BCUT2D eigenvalue weighted by Crippen LogP contribution is -2.31. The number of aliphatic hydroxyl groups excluding tert-OH is 1. The third kappa shape index (κ3) is 4.52. The van der Waals surface area contributed by atoms with E-state index in [0.29, 0.717) is 16.0 Å². The maximum absolute atomic E-state index is 13.7. The van der Waals surface area contributed by atoms with Crippen molar-refractivity contribution >= 4 is 39.9 Å². The van der Waals surface area contributed by atoms with Gasteiger partial charge in [-0.3, -0.25) is 19.5 Å². The molecule has 1 aliphatic heterocycles. The molecule has 12 heteroatoms. The fraction of sp³-hybridized carbons (Fsp3) is 0.115. The molecule has 2 aromatic carbocycles. The maximum atomic E-state index is 13.7. The summed E-state index contributed by atoms with van der Waals surface area (Å²) >= 11 is 6.11. The van der Waals surface area contributed by atoms with E-state index in [1.807, 2.05) is 0 Å². The van der Waals surface area contributed by atoms with Crippen molar-refractivity contribution in [1.29, 1.82) is 0 Å². The average molecular weight is 545 g/mol. The monoisotopic (exact) mass is 544 g/mol. The van der Waals surface area contributed by atoms with Gasteiger partial charge in [0.05, 0.1) is 18.7 Å². The Hall–Kier alpha value is -4.51. The zero-order valence-corrected chi connectivity index (χ0v) is 20.1. The molecule has 1 aliphatic rings. The van der Waals surface area contributed by atoms with Crippen LogP contribution in [-0.4, -0.2) is 35.3 Å². The number of amides is 1. The smallest absolute Gasteiger partial charge is 0.503 e. The van der Waals surface area contributed by atoms with E-state index in [1.165, 1.54) is 43.8 Å². The van der Waals surface area contributed by atoms with Crippen molar-refractivity contribution in [2.45, 2.75) is 12.4 Å². The number of aromatic nitrogens is 1. The number of carbonyl (C=O) groups excluding carboxylic acids is 2. The number of hydrogen-bond donors (Lipinski definition) is 1. The topological polar surface area (TPSA) is 102 Å².